The highest BCUT2D eigenvalue weighted by molar-refractivity contribution is 5.27. The molecule has 0 bridgehead atoms. The smallest absolute Gasteiger partial charge is 0.146 e. The third-order valence-electron chi connectivity index (χ3n) is 2.02. The summed E-state index contributed by atoms with van der Waals surface area (Å²) in [6.07, 6.45) is 5.88. The monoisotopic (exact) mass is 192 g/mol. The van der Waals surface area contributed by atoms with Crippen molar-refractivity contribution in [1.82, 2.24) is 15.2 Å². The summed E-state index contributed by atoms with van der Waals surface area (Å²) in [5, 5.41) is 6.39. The van der Waals surface area contributed by atoms with E-state index < -0.39 is 11.9 Å². The molecule has 0 aliphatic heterocycles. The number of aromatic nitrogens is 3. The van der Waals surface area contributed by atoms with Gasteiger partial charge in [-0.05, 0) is 6.07 Å². The second-order valence-electron chi connectivity index (χ2n) is 2.91. The summed E-state index contributed by atoms with van der Waals surface area (Å²) >= 11 is 0. The molecule has 2 aromatic heterocycles. The van der Waals surface area contributed by atoms with Gasteiger partial charge in [0.2, 0.25) is 0 Å². The van der Waals surface area contributed by atoms with Crippen LogP contribution in [0.15, 0.2) is 30.9 Å². The number of rotatable bonds is 2. The van der Waals surface area contributed by atoms with Crippen molar-refractivity contribution in [3.05, 3.63) is 47.8 Å². The zero-order valence-electron chi connectivity index (χ0n) is 7.31. The Morgan fingerprint density at radius 2 is 2.29 bits per heavy atom. The van der Waals surface area contributed by atoms with Gasteiger partial charge in [0.1, 0.15) is 5.82 Å². The van der Waals surface area contributed by atoms with Gasteiger partial charge in [-0.1, -0.05) is 0 Å². The second-order valence-corrected chi connectivity index (χ2v) is 2.91. The Morgan fingerprint density at radius 1 is 1.43 bits per heavy atom. The van der Waals surface area contributed by atoms with Crippen molar-refractivity contribution in [3.63, 3.8) is 0 Å². The lowest BCUT2D eigenvalue weighted by Gasteiger charge is -2.09. The van der Waals surface area contributed by atoms with Gasteiger partial charge in [0.05, 0.1) is 18.4 Å². The first-order valence-electron chi connectivity index (χ1n) is 4.12. The molecule has 1 unspecified atom stereocenters. The molecule has 2 aromatic rings. The first kappa shape index (κ1) is 8.83. The van der Waals surface area contributed by atoms with Crippen molar-refractivity contribution in [2.75, 3.05) is 0 Å². The van der Waals surface area contributed by atoms with E-state index >= 15 is 0 Å². The molecule has 0 radical (unpaired) electrons. The lowest BCUT2D eigenvalue weighted by atomic mass is 10.0. The number of hydrogen-bond acceptors (Lipinski definition) is 3. The van der Waals surface area contributed by atoms with E-state index in [-0.39, 0.29) is 0 Å². The third-order valence-corrected chi connectivity index (χ3v) is 2.02. The molecule has 0 amide bonds. The highest BCUT2D eigenvalue weighted by atomic mass is 19.1. The number of nitrogens with two attached hydrogens (primary N) is 1. The van der Waals surface area contributed by atoms with E-state index in [1.54, 1.807) is 18.5 Å². The van der Waals surface area contributed by atoms with Gasteiger partial charge in [-0.3, -0.25) is 10.1 Å². The molecule has 0 saturated heterocycles. The van der Waals surface area contributed by atoms with Gasteiger partial charge in [0.15, 0.2) is 0 Å². The molecule has 5 heteroatoms. The van der Waals surface area contributed by atoms with E-state index in [4.69, 9.17) is 5.73 Å². The van der Waals surface area contributed by atoms with Crippen molar-refractivity contribution < 1.29 is 4.39 Å². The fourth-order valence-electron chi connectivity index (χ4n) is 1.25. The van der Waals surface area contributed by atoms with Crippen LogP contribution >= 0.6 is 0 Å². The maximum Gasteiger partial charge on any atom is 0.146 e. The van der Waals surface area contributed by atoms with Crippen LogP contribution in [0, 0.1) is 5.82 Å². The van der Waals surface area contributed by atoms with Crippen LogP contribution in [0.1, 0.15) is 17.2 Å². The van der Waals surface area contributed by atoms with Crippen LogP contribution in [0.3, 0.4) is 0 Å². The SMILES string of the molecule is NC(c1cn[nH]c1)c1ccncc1F. The lowest BCUT2D eigenvalue weighted by Crippen LogP contribution is -2.12. The van der Waals surface area contributed by atoms with E-state index in [9.17, 15) is 4.39 Å². The van der Waals surface area contributed by atoms with Crippen molar-refractivity contribution in [2.24, 2.45) is 5.73 Å². The van der Waals surface area contributed by atoms with Crippen molar-refractivity contribution in [1.29, 1.82) is 0 Å². The molecule has 2 heterocycles. The maximum absolute atomic E-state index is 13.3. The predicted molar refractivity (Wildman–Crippen MR) is 48.8 cm³/mol. The van der Waals surface area contributed by atoms with Gasteiger partial charge in [-0.15, -0.1) is 0 Å². The van der Waals surface area contributed by atoms with Crippen LogP contribution < -0.4 is 5.73 Å². The number of halogens is 1. The first-order valence-corrected chi connectivity index (χ1v) is 4.12. The second kappa shape index (κ2) is 3.55. The molecule has 0 aliphatic rings. The Kier molecular flexibility index (Phi) is 2.24. The molecule has 0 aliphatic carbocycles. The van der Waals surface area contributed by atoms with Crippen LogP contribution in [0.2, 0.25) is 0 Å². The summed E-state index contributed by atoms with van der Waals surface area (Å²) in [6.45, 7) is 0. The molecular formula is C9H9FN4. The first-order chi connectivity index (χ1) is 6.79. The van der Waals surface area contributed by atoms with Crippen LogP contribution in [-0.2, 0) is 0 Å². The third kappa shape index (κ3) is 1.49. The largest absolute Gasteiger partial charge is 0.320 e. The minimum atomic E-state index is -0.503. The molecule has 72 valence electrons. The number of aromatic amines is 1. The Bertz CT molecular complexity index is 413. The van der Waals surface area contributed by atoms with Crippen LogP contribution in [0.5, 0.6) is 0 Å². The van der Waals surface area contributed by atoms with Crippen molar-refractivity contribution in [3.8, 4) is 0 Å². The Labute approximate surface area is 80.0 Å². The Morgan fingerprint density at radius 3 is 2.93 bits per heavy atom. The number of pyridine rings is 1. The number of nitrogens with one attached hydrogen (secondary N) is 1. The predicted octanol–water partition coefficient (Wildman–Crippen LogP) is 0.992. The summed E-state index contributed by atoms with van der Waals surface area (Å²) < 4.78 is 13.3. The molecule has 1 atom stereocenters. The highest BCUT2D eigenvalue weighted by Crippen LogP contribution is 2.19. The van der Waals surface area contributed by atoms with E-state index in [2.05, 4.69) is 15.2 Å². The van der Waals surface area contributed by atoms with Gasteiger partial charge in [-0.25, -0.2) is 4.39 Å². The summed E-state index contributed by atoms with van der Waals surface area (Å²) in [6, 6.07) is 1.06. The molecule has 3 N–H and O–H groups in total. The molecule has 2 rings (SSSR count). The summed E-state index contributed by atoms with van der Waals surface area (Å²) in [5.74, 6) is -0.402. The average molecular weight is 192 g/mol. The number of hydrogen-bond donors (Lipinski definition) is 2. The van der Waals surface area contributed by atoms with Gasteiger partial charge < -0.3 is 5.73 Å². The molecular weight excluding hydrogens is 183 g/mol. The normalized spacial score (nSPS) is 12.7. The summed E-state index contributed by atoms with van der Waals surface area (Å²) in [4.78, 5) is 3.65. The molecule has 0 fully saturated rings. The highest BCUT2D eigenvalue weighted by Gasteiger charge is 2.13. The van der Waals surface area contributed by atoms with Crippen molar-refractivity contribution in [2.45, 2.75) is 6.04 Å². The zero-order valence-corrected chi connectivity index (χ0v) is 7.31. The molecule has 0 saturated carbocycles. The van der Waals surface area contributed by atoms with Crippen LogP contribution in [-0.4, -0.2) is 15.2 Å². The average Bonchev–Trinajstić information content (AvgIpc) is 2.70. The summed E-state index contributed by atoms with van der Waals surface area (Å²) in [5.41, 5.74) is 7.00. The summed E-state index contributed by atoms with van der Waals surface area (Å²) in [7, 11) is 0. The lowest BCUT2D eigenvalue weighted by molar-refractivity contribution is 0.593. The van der Waals surface area contributed by atoms with Gasteiger partial charge in [0.25, 0.3) is 0 Å². The Hall–Kier alpha value is -1.75. The minimum absolute atomic E-state index is 0.402. The molecule has 4 nitrogen and oxygen atoms in total. The maximum atomic E-state index is 13.3. The fraction of sp³-hybridized carbons (Fsp3) is 0.111. The Balaban J connectivity index is 2.37. The van der Waals surface area contributed by atoms with Gasteiger partial charge in [-0.2, -0.15) is 5.10 Å². The van der Waals surface area contributed by atoms with E-state index in [0.717, 1.165) is 11.8 Å². The van der Waals surface area contributed by atoms with E-state index in [1.165, 1.54) is 6.20 Å². The number of nitrogens with zero attached hydrogens (tertiary/aromatic N) is 2. The molecule has 14 heavy (non-hydrogen) atoms. The molecule has 0 aromatic carbocycles. The molecule has 0 spiro atoms. The minimum Gasteiger partial charge on any atom is -0.320 e. The quantitative estimate of drug-likeness (QED) is 0.745. The topological polar surface area (TPSA) is 67.6 Å². The number of H-pyrrole nitrogens is 1. The van der Waals surface area contributed by atoms with Crippen LogP contribution in [0.25, 0.3) is 0 Å². The van der Waals surface area contributed by atoms with E-state index in [0.29, 0.717) is 5.56 Å². The van der Waals surface area contributed by atoms with Gasteiger partial charge in [0, 0.05) is 23.5 Å². The standard InChI is InChI=1S/C9H9FN4/c10-8-5-12-2-1-7(8)9(11)6-3-13-14-4-6/h1-5,9H,11H2,(H,13,14). The van der Waals surface area contributed by atoms with Crippen molar-refractivity contribution >= 4 is 0 Å². The van der Waals surface area contributed by atoms with Crippen LogP contribution in [0.4, 0.5) is 4.39 Å². The zero-order chi connectivity index (χ0) is 9.97. The van der Waals surface area contributed by atoms with Gasteiger partial charge >= 0.3 is 0 Å². The fourth-order valence-corrected chi connectivity index (χ4v) is 1.25. The van der Waals surface area contributed by atoms with E-state index in [1.807, 2.05) is 0 Å².